The number of carbonyl (C=O) groups is 2. The maximum absolute atomic E-state index is 12.2. The number of furan rings is 1. The van der Waals surface area contributed by atoms with Crippen molar-refractivity contribution in [3.8, 4) is 11.3 Å². The molecule has 3 rings (SSSR count). The molecular weight excluding hydrogens is 362 g/mol. The number of amides is 2. The Labute approximate surface area is 152 Å². The van der Waals surface area contributed by atoms with Gasteiger partial charge in [0, 0.05) is 16.0 Å². The minimum Gasteiger partial charge on any atom is -0.472 e. The fraction of sp³-hybridized carbons (Fsp3) is 0.118. The Bertz CT molecular complexity index is 875. The third kappa shape index (κ3) is 4.26. The molecule has 2 heterocycles. The van der Waals surface area contributed by atoms with Crippen molar-refractivity contribution in [2.75, 3.05) is 5.32 Å². The van der Waals surface area contributed by atoms with E-state index in [1.54, 1.807) is 19.1 Å². The molecule has 0 saturated heterocycles. The smallest absolute Gasteiger partial charge is 0.255 e. The zero-order valence-electron chi connectivity index (χ0n) is 13.2. The molecule has 2 amide bonds. The van der Waals surface area contributed by atoms with Crippen LogP contribution in [0.2, 0.25) is 5.02 Å². The van der Waals surface area contributed by atoms with E-state index in [0.29, 0.717) is 15.7 Å². The van der Waals surface area contributed by atoms with Crippen molar-refractivity contribution in [1.29, 1.82) is 0 Å². The van der Waals surface area contributed by atoms with E-state index in [1.807, 2.05) is 17.5 Å². The van der Waals surface area contributed by atoms with Crippen LogP contribution >= 0.6 is 22.9 Å². The zero-order chi connectivity index (χ0) is 17.8. The molecule has 6 nitrogen and oxygen atoms in total. The van der Waals surface area contributed by atoms with Crippen LogP contribution in [-0.4, -0.2) is 22.8 Å². The van der Waals surface area contributed by atoms with Crippen LogP contribution in [0.3, 0.4) is 0 Å². The highest BCUT2D eigenvalue weighted by molar-refractivity contribution is 7.14. The molecule has 1 atom stereocenters. The molecule has 0 aliphatic heterocycles. The van der Waals surface area contributed by atoms with Gasteiger partial charge in [-0.3, -0.25) is 9.59 Å². The lowest BCUT2D eigenvalue weighted by atomic mass is 10.2. The molecule has 8 heteroatoms. The summed E-state index contributed by atoms with van der Waals surface area (Å²) in [5.74, 6) is -0.730. The van der Waals surface area contributed by atoms with E-state index in [1.165, 1.54) is 29.9 Å². The molecule has 25 heavy (non-hydrogen) atoms. The maximum Gasteiger partial charge on any atom is 0.255 e. The van der Waals surface area contributed by atoms with Crippen LogP contribution in [0.25, 0.3) is 11.3 Å². The summed E-state index contributed by atoms with van der Waals surface area (Å²) in [6, 6.07) is 8.08. The highest BCUT2D eigenvalue weighted by Crippen LogP contribution is 2.26. The number of aromatic nitrogens is 1. The van der Waals surface area contributed by atoms with Gasteiger partial charge in [0.05, 0.1) is 17.5 Å². The highest BCUT2D eigenvalue weighted by atomic mass is 35.5. The van der Waals surface area contributed by atoms with E-state index >= 15 is 0 Å². The van der Waals surface area contributed by atoms with Crippen LogP contribution in [0.4, 0.5) is 5.13 Å². The van der Waals surface area contributed by atoms with Crippen LogP contribution in [0.1, 0.15) is 17.3 Å². The standard InChI is InChI=1S/C17H14ClN3O3S/c1-10(19-16(23)12-6-7-24-8-12)15(22)21-17-20-14(9-25-17)11-2-4-13(18)5-3-11/h2-10H,1H3,(H,19,23)(H,20,21,22). The quantitative estimate of drug-likeness (QED) is 0.710. The van der Waals surface area contributed by atoms with Gasteiger partial charge >= 0.3 is 0 Å². The molecule has 2 aromatic heterocycles. The molecule has 0 radical (unpaired) electrons. The van der Waals surface area contributed by atoms with E-state index in [9.17, 15) is 9.59 Å². The van der Waals surface area contributed by atoms with Gasteiger partial charge in [0.1, 0.15) is 12.3 Å². The van der Waals surface area contributed by atoms with Crippen molar-refractivity contribution < 1.29 is 14.0 Å². The maximum atomic E-state index is 12.2. The zero-order valence-corrected chi connectivity index (χ0v) is 14.7. The number of anilines is 1. The van der Waals surface area contributed by atoms with Crippen molar-refractivity contribution in [1.82, 2.24) is 10.3 Å². The third-order valence-electron chi connectivity index (χ3n) is 3.40. The minimum atomic E-state index is -0.717. The summed E-state index contributed by atoms with van der Waals surface area (Å²) in [5, 5.41) is 8.24. The SMILES string of the molecule is CC(NC(=O)c1ccoc1)C(=O)Nc1nc(-c2ccc(Cl)cc2)cs1. The Kier molecular flexibility index (Phi) is 5.16. The molecule has 0 fully saturated rings. The van der Waals surface area contributed by atoms with E-state index in [-0.39, 0.29) is 11.8 Å². The lowest BCUT2D eigenvalue weighted by Crippen LogP contribution is -2.41. The van der Waals surface area contributed by atoms with Gasteiger partial charge in [-0.25, -0.2) is 4.98 Å². The van der Waals surface area contributed by atoms with Crippen LogP contribution < -0.4 is 10.6 Å². The average Bonchev–Trinajstić information content (AvgIpc) is 3.27. The van der Waals surface area contributed by atoms with Gasteiger partial charge in [-0.05, 0) is 25.1 Å². The van der Waals surface area contributed by atoms with Crippen LogP contribution in [0, 0.1) is 0 Å². The van der Waals surface area contributed by atoms with Crippen molar-refractivity contribution in [3.05, 3.63) is 58.8 Å². The first-order chi connectivity index (χ1) is 12.0. The minimum absolute atomic E-state index is 0.353. The lowest BCUT2D eigenvalue weighted by molar-refractivity contribution is -0.117. The highest BCUT2D eigenvalue weighted by Gasteiger charge is 2.18. The molecule has 3 aromatic rings. The summed E-state index contributed by atoms with van der Waals surface area (Å²) in [6.07, 6.45) is 2.71. The molecule has 0 spiro atoms. The van der Waals surface area contributed by atoms with Gasteiger partial charge in [0.15, 0.2) is 5.13 Å². The van der Waals surface area contributed by atoms with Crippen LogP contribution in [0.5, 0.6) is 0 Å². The molecule has 0 aliphatic rings. The first-order valence-electron chi connectivity index (χ1n) is 7.38. The summed E-state index contributed by atoms with van der Waals surface area (Å²) in [6.45, 7) is 1.60. The summed E-state index contributed by atoms with van der Waals surface area (Å²) in [5.41, 5.74) is 2.01. The van der Waals surface area contributed by atoms with Gasteiger partial charge < -0.3 is 15.1 Å². The molecular formula is C17H14ClN3O3S. The van der Waals surface area contributed by atoms with E-state index in [4.69, 9.17) is 16.0 Å². The van der Waals surface area contributed by atoms with Gasteiger partial charge in [-0.15, -0.1) is 11.3 Å². The Balaban J connectivity index is 1.61. The van der Waals surface area contributed by atoms with E-state index < -0.39 is 6.04 Å². The van der Waals surface area contributed by atoms with Gasteiger partial charge in [0.2, 0.25) is 5.91 Å². The Morgan fingerprint density at radius 1 is 1.24 bits per heavy atom. The van der Waals surface area contributed by atoms with Crippen molar-refractivity contribution in [2.24, 2.45) is 0 Å². The second-order valence-electron chi connectivity index (χ2n) is 5.24. The number of nitrogens with zero attached hydrogens (tertiary/aromatic N) is 1. The summed E-state index contributed by atoms with van der Waals surface area (Å²) < 4.78 is 4.85. The monoisotopic (exact) mass is 375 g/mol. The first-order valence-corrected chi connectivity index (χ1v) is 8.64. The van der Waals surface area contributed by atoms with E-state index in [0.717, 1.165) is 11.3 Å². The molecule has 0 bridgehead atoms. The largest absolute Gasteiger partial charge is 0.472 e. The second-order valence-corrected chi connectivity index (χ2v) is 6.54. The van der Waals surface area contributed by atoms with Crippen molar-refractivity contribution in [2.45, 2.75) is 13.0 Å². The van der Waals surface area contributed by atoms with E-state index in [2.05, 4.69) is 15.6 Å². The molecule has 128 valence electrons. The topological polar surface area (TPSA) is 84.2 Å². The molecule has 1 unspecified atom stereocenters. The number of hydrogen-bond acceptors (Lipinski definition) is 5. The summed E-state index contributed by atoms with van der Waals surface area (Å²) in [7, 11) is 0. The number of nitrogens with one attached hydrogen (secondary N) is 2. The predicted molar refractivity (Wildman–Crippen MR) is 96.8 cm³/mol. The first kappa shape index (κ1) is 17.2. The van der Waals surface area contributed by atoms with Crippen LogP contribution in [0.15, 0.2) is 52.7 Å². The Morgan fingerprint density at radius 2 is 2.00 bits per heavy atom. The average molecular weight is 376 g/mol. The number of rotatable bonds is 5. The number of carbonyl (C=O) groups excluding carboxylic acids is 2. The molecule has 1 aromatic carbocycles. The number of halogens is 1. The molecule has 0 aliphatic carbocycles. The summed E-state index contributed by atoms with van der Waals surface area (Å²) >= 11 is 7.18. The van der Waals surface area contributed by atoms with Crippen LogP contribution in [-0.2, 0) is 4.79 Å². The Hall–Kier alpha value is -2.64. The third-order valence-corrected chi connectivity index (χ3v) is 4.41. The van der Waals surface area contributed by atoms with Crippen molar-refractivity contribution in [3.63, 3.8) is 0 Å². The fourth-order valence-electron chi connectivity index (χ4n) is 2.04. The molecule has 2 N–H and O–H groups in total. The number of benzene rings is 1. The van der Waals surface area contributed by atoms with Crippen molar-refractivity contribution >= 4 is 39.9 Å². The second kappa shape index (κ2) is 7.50. The Morgan fingerprint density at radius 3 is 2.68 bits per heavy atom. The number of hydrogen-bond donors (Lipinski definition) is 2. The predicted octanol–water partition coefficient (Wildman–Crippen LogP) is 3.81. The molecule has 0 saturated carbocycles. The fourth-order valence-corrected chi connectivity index (χ4v) is 2.89. The summed E-state index contributed by atoms with van der Waals surface area (Å²) in [4.78, 5) is 28.5. The van der Waals surface area contributed by atoms with Gasteiger partial charge in [-0.1, -0.05) is 23.7 Å². The van der Waals surface area contributed by atoms with Gasteiger partial charge in [0.25, 0.3) is 5.91 Å². The number of thiazole rings is 1. The lowest BCUT2D eigenvalue weighted by Gasteiger charge is -2.12. The van der Waals surface area contributed by atoms with Gasteiger partial charge in [-0.2, -0.15) is 0 Å². The normalized spacial score (nSPS) is 11.8.